The van der Waals surface area contributed by atoms with Crippen LogP contribution in [-0.4, -0.2) is 18.5 Å². The van der Waals surface area contributed by atoms with Gasteiger partial charge in [-0.1, -0.05) is 101 Å². The summed E-state index contributed by atoms with van der Waals surface area (Å²) in [5.41, 5.74) is 2.19. The van der Waals surface area contributed by atoms with Crippen LogP contribution in [0.15, 0.2) is 54.6 Å². The zero-order chi connectivity index (χ0) is 22.9. The first-order chi connectivity index (χ1) is 15.7. The first-order valence-corrected chi connectivity index (χ1v) is 12.2. The molecule has 4 nitrogen and oxygen atoms in total. The molecule has 2 aromatic rings. The number of benzene rings is 2. The number of hydrogen-bond donors (Lipinski definition) is 0. The number of carbonyl (C=O) groups is 2. The maximum absolute atomic E-state index is 12.0. The number of carbonyl (C=O) groups excluding carboxylic acids is 2. The van der Waals surface area contributed by atoms with Gasteiger partial charge < -0.3 is 9.47 Å². The van der Waals surface area contributed by atoms with Crippen LogP contribution in [0, 0.1) is 0 Å². The molecule has 0 radical (unpaired) electrons. The molecule has 0 amide bonds. The van der Waals surface area contributed by atoms with Gasteiger partial charge in [0.05, 0.1) is 6.61 Å². The first-order valence-electron chi connectivity index (χ1n) is 12.2. The second kappa shape index (κ2) is 16.1. The highest BCUT2D eigenvalue weighted by Gasteiger charge is 2.09. The molecule has 0 aliphatic carbocycles. The van der Waals surface area contributed by atoms with Gasteiger partial charge >= 0.3 is 11.9 Å². The fourth-order valence-corrected chi connectivity index (χ4v) is 3.58. The third-order valence-corrected chi connectivity index (χ3v) is 5.47. The Hall–Kier alpha value is -2.62. The maximum atomic E-state index is 12.0. The lowest BCUT2D eigenvalue weighted by Gasteiger charge is -2.07. The third-order valence-electron chi connectivity index (χ3n) is 5.47. The molecule has 0 aliphatic rings. The van der Waals surface area contributed by atoms with Crippen molar-refractivity contribution in [3.05, 3.63) is 54.6 Å². The van der Waals surface area contributed by atoms with Gasteiger partial charge in [-0.3, -0.25) is 9.59 Å². The Balaban J connectivity index is 1.49. The summed E-state index contributed by atoms with van der Waals surface area (Å²) in [6, 6.07) is 17.5. The van der Waals surface area contributed by atoms with Gasteiger partial charge in [0.1, 0.15) is 5.75 Å². The minimum absolute atomic E-state index is 0.202. The summed E-state index contributed by atoms with van der Waals surface area (Å²) in [4.78, 5) is 23.8. The van der Waals surface area contributed by atoms with Crippen LogP contribution in [0.3, 0.4) is 0 Å². The second-order valence-corrected chi connectivity index (χ2v) is 8.27. The smallest absolute Gasteiger partial charge is 0.311 e. The molecule has 0 saturated heterocycles. The van der Waals surface area contributed by atoms with Crippen molar-refractivity contribution in [2.24, 2.45) is 0 Å². The molecule has 0 bridgehead atoms. The number of ether oxygens (including phenoxy) is 2. The van der Waals surface area contributed by atoms with Gasteiger partial charge in [-0.25, -0.2) is 0 Å². The van der Waals surface area contributed by atoms with Crippen molar-refractivity contribution in [2.45, 2.75) is 84.0 Å². The van der Waals surface area contributed by atoms with Crippen molar-refractivity contribution in [3.63, 3.8) is 0 Å². The minimum atomic E-state index is -0.329. The lowest BCUT2D eigenvalue weighted by atomic mass is 10.1. The minimum Gasteiger partial charge on any atom is -0.466 e. The van der Waals surface area contributed by atoms with E-state index in [4.69, 9.17) is 9.47 Å². The average Bonchev–Trinajstić information content (AvgIpc) is 2.81. The molecule has 2 rings (SSSR count). The van der Waals surface area contributed by atoms with E-state index >= 15 is 0 Å². The van der Waals surface area contributed by atoms with Crippen molar-refractivity contribution in [1.29, 1.82) is 0 Å². The maximum Gasteiger partial charge on any atom is 0.311 e. The Morgan fingerprint density at radius 1 is 0.625 bits per heavy atom. The van der Waals surface area contributed by atoms with E-state index < -0.39 is 0 Å². The van der Waals surface area contributed by atoms with Crippen molar-refractivity contribution in [3.8, 4) is 16.9 Å². The lowest BCUT2D eigenvalue weighted by Crippen LogP contribution is -2.10. The summed E-state index contributed by atoms with van der Waals surface area (Å²) < 4.78 is 10.6. The predicted octanol–water partition coefficient (Wildman–Crippen LogP) is 7.50. The topological polar surface area (TPSA) is 52.6 Å². The van der Waals surface area contributed by atoms with Crippen molar-refractivity contribution in [1.82, 2.24) is 0 Å². The van der Waals surface area contributed by atoms with E-state index in [-0.39, 0.29) is 24.8 Å². The van der Waals surface area contributed by atoms with Crippen LogP contribution in [0.5, 0.6) is 5.75 Å². The Morgan fingerprint density at radius 3 is 1.84 bits per heavy atom. The van der Waals surface area contributed by atoms with E-state index in [2.05, 4.69) is 6.92 Å². The highest BCUT2D eigenvalue weighted by molar-refractivity contribution is 5.74. The zero-order valence-corrected chi connectivity index (χ0v) is 19.5. The second-order valence-electron chi connectivity index (χ2n) is 8.27. The lowest BCUT2D eigenvalue weighted by molar-refractivity contribution is -0.144. The van der Waals surface area contributed by atoms with Crippen LogP contribution in [0.1, 0.15) is 84.0 Å². The van der Waals surface area contributed by atoms with Crippen LogP contribution in [0.4, 0.5) is 0 Å². The van der Waals surface area contributed by atoms with Crippen LogP contribution in [-0.2, 0) is 14.3 Å². The van der Waals surface area contributed by atoms with Crippen LogP contribution >= 0.6 is 0 Å². The number of rotatable bonds is 16. The summed E-state index contributed by atoms with van der Waals surface area (Å²) in [6.45, 7) is 2.71. The van der Waals surface area contributed by atoms with Gasteiger partial charge in [0, 0.05) is 12.8 Å². The third kappa shape index (κ3) is 11.1. The fraction of sp³-hybridized carbons (Fsp3) is 0.500. The monoisotopic (exact) mass is 438 g/mol. The molecule has 0 N–H and O–H groups in total. The molecule has 32 heavy (non-hydrogen) atoms. The van der Waals surface area contributed by atoms with Gasteiger partial charge in [0.25, 0.3) is 0 Å². The summed E-state index contributed by atoms with van der Waals surface area (Å²) in [5, 5.41) is 0. The SMILES string of the molecule is CCCCCCCCCCCOC(=O)CCCC(=O)Oc1ccc(-c2ccccc2)cc1. The molecule has 0 aromatic heterocycles. The molecule has 0 unspecified atom stereocenters. The van der Waals surface area contributed by atoms with Crippen molar-refractivity contribution < 1.29 is 19.1 Å². The van der Waals surface area contributed by atoms with Gasteiger partial charge in [-0.15, -0.1) is 0 Å². The Kier molecular flexibility index (Phi) is 12.9. The van der Waals surface area contributed by atoms with Gasteiger partial charge in [-0.2, -0.15) is 0 Å². The van der Waals surface area contributed by atoms with E-state index in [9.17, 15) is 9.59 Å². The molecule has 0 atom stereocenters. The highest BCUT2D eigenvalue weighted by atomic mass is 16.5. The molecular formula is C28H38O4. The standard InChI is InChI=1S/C28H38O4/c1-2-3-4-5-6-7-8-9-13-23-31-27(29)17-14-18-28(30)32-26-21-19-25(20-22-26)24-15-11-10-12-16-24/h10-12,15-16,19-22H,2-9,13-14,17-18,23H2,1H3. The molecule has 4 heteroatoms. The zero-order valence-electron chi connectivity index (χ0n) is 19.5. The Bertz CT molecular complexity index is 768. The van der Waals surface area contributed by atoms with Crippen LogP contribution in [0.25, 0.3) is 11.1 Å². The molecule has 0 heterocycles. The van der Waals surface area contributed by atoms with Gasteiger partial charge in [-0.05, 0) is 36.1 Å². The first kappa shape index (κ1) is 25.6. The van der Waals surface area contributed by atoms with Gasteiger partial charge in [0.2, 0.25) is 0 Å². The predicted molar refractivity (Wildman–Crippen MR) is 130 cm³/mol. The molecule has 0 spiro atoms. The Labute approximate surface area is 193 Å². The van der Waals surface area contributed by atoms with Crippen LogP contribution < -0.4 is 4.74 Å². The molecule has 0 saturated carbocycles. The summed E-state index contributed by atoms with van der Waals surface area (Å²) in [6.07, 6.45) is 12.0. The number of esters is 2. The van der Waals surface area contributed by atoms with E-state index in [1.54, 1.807) is 12.1 Å². The quantitative estimate of drug-likeness (QED) is 0.155. The largest absolute Gasteiger partial charge is 0.466 e. The van der Waals surface area contributed by atoms with E-state index in [0.29, 0.717) is 18.8 Å². The summed E-state index contributed by atoms with van der Waals surface area (Å²) in [7, 11) is 0. The molecule has 0 aliphatic heterocycles. The Morgan fingerprint density at radius 2 is 1.19 bits per heavy atom. The van der Waals surface area contributed by atoms with E-state index in [0.717, 1.165) is 24.0 Å². The fourth-order valence-electron chi connectivity index (χ4n) is 3.58. The van der Waals surface area contributed by atoms with E-state index in [1.165, 1.54) is 44.9 Å². The molecule has 174 valence electrons. The van der Waals surface area contributed by atoms with Crippen molar-refractivity contribution in [2.75, 3.05) is 6.61 Å². The van der Waals surface area contributed by atoms with Crippen LogP contribution in [0.2, 0.25) is 0 Å². The number of unbranched alkanes of at least 4 members (excludes halogenated alkanes) is 8. The summed E-state index contributed by atoms with van der Waals surface area (Å²) in [5.74, 6) is -0.0450. The number of hydrogen-bond acceptors (Lipinski definition) is 4. The molecular weight excluding hydrogens is 400 g/mol. The van der Waals surface area contributed by atoms with E-state index in [1.807, 2.05) is 42.5 Å². The van der Waals surface area contributed by atoms with Gasteiger partial charge in [0.15, 0.2) is 0 Å². The molecule has 2 aromatic carbocycles. The average molecular weight is 439 g/mol. The normalized spacial score (nSPS) is 10.7. The summed E-state index contributed by atoms with van der Waals surface area (Å²) >= 11 is 0. The van der Waals surface area contributed by atoms with Crippen molar-refractivity contribution >= 4 is 11.9 Å². The highest BCUT2D eigenvalue weighted by Crippen LogP contribution is 2.22. The molecule has 0 fully saturated rings.